The molecule has 0 atom stereocenters. The number of carbonyl (C=O) groups is 1. The zero-order valence-electron chi connectivity index (χ0n) is 12.4. The van der Waals surface area contributed by atoms with E-state index >= 15 is 0 Å². The standard InChI is InChI=1S/C17H17FN2O2/c1-12-15(11-20-7-2-8-22-17(20)21)9-14(10-19-12)13-3-5-16(18)6-4-13/h3-6,9-10H,2,7-8,11H2,1H3. The average Bonchev–Trinajstić information content (AvgIpc) is 2.52. The van der Waals surface area contributed by atoms with Gasteiger partial charge in [-0.3, -0.25) is 4.98 Å². The van der Waals surface area contributed by atoms with Crippen LogP contribution in [0.4, 0.5) is 9.18 Å². The molecule has 0 N–H and O–H groups in total. The van der Waals surface area contributed by atoms with Crippen molar-refractivity contribution < 1.29 is 13.9 Å². The lowest BCUT2D eigenvalue weighted by Crippen LogP contribution is -2.37. The molecule has 22 heavy (non-hydrogen) atoms. The van der Waals surface area contributed by atoms with Crippen molar-refractivity contribution in [3.05, 3.63) is 53.6 Å². The van der Waals surface area contributed by atoms with Crippen LogP contribution >= 0.6 is 0 Å². The molecule has 0 saturated carbocycles. The molecule has 4 nitrogen and oxygen atoms in total. The molecule has 0 unspecified atom stereocenters. The average molecular weight is 300 g/mol. The van der Waals surface area contributed by atoms with Crippen molar-refractivity contribution in [1.29, 1.82) is 0 Å². The van der Waals surface area contributed by atoms with Crippen LogP contribution in [0.2, 0.25) is 0 Å². The van der Waals surface area contributed by atoms with E-state index in [0.717, 1.165) is 28.8 Å². The van der Waals surface area contributed by atoms with Crippen molar-refractivity contribution in [1.82, 2.24) is 9.88 Å². The van der Waals surface area contributed by atoms with Crippen LogP contribution in [0.5, 0.6) is 0 Å². The third-order valence-corrected chi connectivity index (χ3v) is 3.79. The minimum Gasteiger partial charge on any atom is -0.449 e. The van der Waals surface area contributed by atoms with Gasteiger partial charge in [-0.15, -0.1) is 0 Å². The summed E-state index contributed by atoms with van der Waals surface area (Å²) in [4.78, 5) is 17.8. The summed E-state index contributed by atoms with van der Waals surface area (Å²) in [5.41, 5.74) is 3.66. The molecule has 1 saturated heterocycles. The maximum absolute atomic E-state index is 13.0. The predicted octanol–water partition coefficient (Wildman–Crippen LogP) is 3.54. The van der Waals surface area contributed by atoms with Crippen LogP contribution in [0.25, 0.3) is 11.1 Å². The smallest absolute Gasteiger partial charge is 0.410 e. The molecule has 0 aliphatic carbocycles. The summed E-state index contributed by atoms with van der Waals surface area (Å²) in [6.45, 7) is 3.58. The number of cyclic esters (lactones) is 1. The van der Waals surface area contributed by atoms with Crippen LogP contribution in [0, 0.1) is 12.7 Å². The van der Waals surface area contributed by atoms with Gasteiger partial charge < -0.3 is 9.64 Å². The number of pyridine rings is 1. The predicted molar refractivity (Wildman–Crippen MR) is 80.7 cm³/mol. The minimum atomic E-state index is -0.280. The topological polar surface area (TPSA) is 42.4 Å². The highest BCUT2D eigenvalue weighted by molar-refractivity contribution is 5.68. The summed E-state index contributed by atoms with van der Waals surface area (Å²) in [5.74, 6) is -0.264. The Morgan fingerprint density at radius 3 is 2.77 bits per heavy atom. The quantitative estimate of drug-likeness (QED) is 0.870. The van der Waals surface area contributed by atoms with Gasteiger partial charge in [0.1, 0.15) is 5.82 Å². The maximum atomic E-state index is 13.0. The molecule has 114 valence electrons. The van der Waals surface area contributed by atoms with Gasteiger partial charge in [-0.25, -0.2) is 9.18 Å². The molecule has 1 fully saturated rings. The van der Waals surface area contributed by atoms with E-state index in [2.05, 4.69) is 4.98 Å². The number of rotatable bonds is 3. The third-order valence-electron chi connectivity index (χ3n) is 3.79. The lowest BCUT2D eigenvalue weighted by Gasteiger charge is -2.26. The number of hydrogen-bond acceptors (Lipinski definition) is 3. The van der Waals surface area contributed by atoms with Crippen molar-refractivity contribution in [2.24, 2.45) is 0 Å². The lowest BCUT2D eigenvalue weighted by molar-refractivity contribution is 0.0699. The molecule has 1 aliphatic heterocycles. The van der Waals surface area contributed by atoms with E-state index in [4.69, 9.17) is 4.74 Å². The van der Waals surface area contributed by atoms with E-state index in [-0.39, 0.29) is 11.9 Å². The molecule has 0 radical (unpaired) electrons. The summed E-state index contributed by atoms with van der Waals surface area (Å²) >= 11 is 0. The molecule has 5 heteroatoms. The molecule has 0 spiro atoms. The Kier molecular flexibility index (Phi) is 4.04. The van der Waals surface area contributed by atoms with E-state index in [9.17, 15) is 9.18 Å². The van der Waals surface area contributed by atoms with Crippen molar-refractivity contribution in [3.63, 3.8) is 0 Å². The number of aryl methyl sites for hydroxylation is 1. The maximum Gasteiger partial charge on any atom is 0.410 e. The van der Waals surface area contributed by atoms with Gasteiger partial charge in [-0.1, -0.05) is 12.1 Å². The zero-order valence-corrected chi connectivity index (χ0v) is 12.4. The molecule has 1 aliphatic rings. The first kappa shape index (κ1) is 14.5. The van der Waals surface area contributed by atoms with Crippen molar-refractivity contribution in [2.45, 2.75) is 19.9 Å². The minimum absolute atomic E-state index is 0.264. The fraction of sp³-hybridized carbons (Fsp3) is 0.294. The summed E-state index contributed by atoms with van der Waals surface area (Å²) in [6.07, 6.45) is 2.33. The van der Waals surface area contributed by atoms with Crippen LogP contribution in [-0.2, 0) is 11.3 Å². The van der Waals surface area contributed by atoms with Crippen molar-refractivity contribution >= 4 is 6.09 Å². The Bertz CT molecular complexity index is 686. The lowest BCUT2D eigenvalue weighted by atomic mass is 10.0. The highest BCUT2D eigenvalue weighted by Gasteiger charge is 2.20. The summed E-state index contributed by atoms with van der Waals surface area (Å²) in [7, 11) is 0. The number of carbonyl (C=O) groups excluding carboxylic acids is 1. The summed E-state index contributed by atoms with van der Waals surface area (Å²) in [5, 5.41) is 0. The van der Waals surface area contributed by atoms with Crippen LogP contribution in [0.3, 0.4) is 0 Å². The van der Waals surface area contributed by atoms with Crippen LogP contribution in [0.1, 0.15) is 17.7 Å². The Balaban J connectivity index is 1.86. The number of hydrogen-bond donors (Lipinski definition) is 0. The number of nitrogens with zero attached hydrogens (tertiary/aromatic N) is 2. The Morgan fingerprint density at radius 1 is 1.27 bits per heavy atom. The zero-order chi connectivity index (χ0) is 15.5. The molecule has 0 bridgehead atoms. The summed E-state index contributed by atoms with van der Waals surface area (Å²) in [6, 6.07) is 8.30. The highest BCUT2D eigenvalue weighted by atomic mass is 19.1. The van der Waals surface area contributed by atoms with Crippen LogP contribution in [-0.4, -0.2) is 29.1 Å². The second-order valence-electron chi connectivity index (χ2n) is 5.36. The monoisotopic (exact) mass is 300 g/mol. The number of aromatic nitrogens is 1. The van der Waals surface area contributed by atoms with Crippen LogP contribution < -0.4 is 0 Å². The second kappa shape index (κ2) is 6.13. The molecule has 1 aromatic heterocycles. The van der Waals surface area contributed by atoms with Gasteiger partial charge in [-0.2, -0.15) is 0 Å². The second-order valence-corrected chi connectivity index (χ2v) is 5.36. The van der Waals surface area contributed by atoms with Crippen molar-refractivity contribution in [2.75, 3.05) is 13.2 Å². The fourth-order valence-corrected chi connectivity index (χ4v) is 2.49. The van der Waals surface area contributed by atoms with Gasteiger partial charge in [0.15, 0.2) is 0 Å². The van der Waals surface area contributed by atoms with E-state index in [0.29, 0.717) is 19.7 Å². The third kappa shape index (κ3) is 3.08. The normalized spacial score (nSPS) is 14.8. The van der Waals surface area contributed by atoms with E-state index in [1.807, 2.05) is 13.0 Å². The van der Waals surface area contributed by atoms with Gasteiger partial charge >= 0.3 is 6.09 Å². The first-order chi connectivity index (χ1) is 10.6. The van der Waals surface area contributed by atoms with E-state index < -0.39 is 0 Å². The highest BCUT2D eigenvalue weighted by Crippen LogP contribution is 2.22. The van der Waals surface area contributed by atoms with Gasteiger partial charge in [0, 0.05) is 24.0 Å². The molecular weight excluding hydrogens is 283 g/mol. The molecule has 3 rings (SSSR count). The Morgan fingerprint density at radius 2 is 2.05 bits per heavy atom. The van der Waals surface area contributed by atoms with Crippen molar-refractivity contribution in [3.8, 4) is 11.1 Å². The molecule has 1 amide bonds. The Hall–Kier alpha value is -2.43. The SMILES string of the molecule is Cc1ncc(-c2ccc(F)cc2)cc1CN1CCCOC1=O. The first-order valence-corrected chi connectivity index (χ1v) is 7.26. The largest absolute Gasteiger partial charge is 0.449 e. The van der Waals surface area contributed by atoms with Gasteiger partial charge in [0.05, 0.1) is 13.2 Å². The molecule has 2 heterocycles. The first-order valence-electron chi connectivity index (χ1n) is 7.26. The van der Waals surface area contributed by atoms with E-state index in [1.54, 1.807) is 23.2 Å². The number of benzene rings is 1. The van der Waals surface area contributed by atoms with Gasteiger partial charge in [-0.05, 0) is 42.7 Å². The van der Waals surface area contributed by atoms with Gasteiger partial charge in [0.25, 0.3) is 0 Å². The molecule has 2 aromatic rings. The van der Waals surface area contributed by atoms with E-state index in [1.165, 1.54) is 12.1 Å². The number of ether oxygens (including phenoxy) is 1. The van der Waals surface area contributed by atoms with Crippen LogP contribution in [0.15, 0.2) is 36.5 Å². The number of amides is 1. The molecular formula is C17H17FN2O2. The van der Waals surface area contributed by atoms with Gasteiger partial charge in [0.2, 0.25) is 0 Å². The Labute approximate surface area is 128 Å². The fourth-order valence-electron chi connectivity index (χ4n) is 2.49. The number of halogens is 1. The molecule has 1 aromatic carbocycles. The summed E-state index contributed by atoms with van der Waals surface area (Å²) < 4.78 is 18.1.